The number of hydrogen-bond acceptors (Lipinski definition) is 5. The van der Waals surface area contributed by atoms with Gasteiger partial charge in [0.25, 0.3) is 5.69 Å². The third kappa shape index (κ3) is 2.02. The molecule has 2 aromatic rings. The largest absolute Gasteiger partial charge is 0.469 e. The summed E-state index contributed by atoms with van der Waals surface area (Å²) < 4.78 is 6.14. The Morgan fingerprint density at radius 2 is 2.28 bits per heavy atom. The van der Waals surface area contributed by atoms with E-state index in [2.05, 4.69) is 9.72 Å². The number of rotatable bonds is 3. The van der Waals surface area contributed by atoms with E-state index in [0.29, 0.717) is 17.0 Å². The molecule has 0 fully saturated rings. The van der Waals surface area contributed by atoms with Crippen LogP contribution in [0.3, 0.4) is 0 Å². The Balaban J connectivity index is 2.48. The quantitative estimate of drug-likeness (QED) is 0.464. The molecule has 0 saturated heterocycles. The number of fused-ring (bicyclic) bond motifs is 1. The molecular weight excluding hydrogens is 238 g/mol. The second-order valence-corrected chi connectivity index (χ2v) is 3.77. The molecule has 0 aliphatic rings. The zero-order chi connectivity index (χ0) is 13.3. The fourth-order valence-electron chi connectivity index (χ4n) is 1.73. The van der Waals surface area contributed by atoms with Crippen molar-refractivity contribution in [1.82, 2.24) is 9.38 Å². The van der Waals surface area contributed by atoms with E-state index >= 15 is 0 Å². The molecule has 18 heavy (non-hydrogen) atoms. The number of esters is 1. The first kappa shape index (κ1) is 12.0. The van der Waals surface area contributed by atoms with Crippen LogP contribution in [0.15, 0.2) is 18.3 Å². The number of methoxy groups -OCH3 is 1. The van der Waals surface area contributed by atoms with Crippen LogP contribution in [0.4, 0.5) is 5.69 Å². The highest BCUT2D eigenvalue weighted by Crippen LogP contribution is 2.19. The SMILES string of the molecule is COC(=O)Cc1cn2c(C)c([N+](=O)[O-])ccc2n1. The van der Waals surface area contributed by atoms with Crippen molar-refractivity contribution in [2.24, 2.45) is 0 Å². The minimum absolute atomic E-state index is 0.0181. The van der Waals surface area contributed by atoms with Crippen LogP contribution in [0.25, 0.3) is 5.65 Å². The van der Waals surface area contributed by atoms with E-state index in [1.54, 1.807) is 23.6 Å². The predicted molar refractivity (Wildman–Crippen MR) is 62.3 cm³/mol. The lowest BCUT2D eigenvalue weighted by Gasteiger charge is -1.99. The first-order chi connectivity index (χ1) is 8.52. The normalized spacial score (nSPS) is 10.6. The smallest absolute Gasteiger partial charge is 0.311 e. The van der Waals surface area contributed by atoms with Gasteiger partial charge in [0.15, 0.2) is 0 Å². The fraction of sp³-hybridized carbons (Fsp3) is 0.273. The van der Waals surface area contributed by atoms with Crippen molar-refractivity contribution in [3.63, 3.8) is 0 Å². The van der Waals surface area contributed by atoms with E-state index in [0.717, 1.165) is 0 Å². The van der Waals surface area contributed by atoms with Gasteiger partial charge in [-0.15, -0.1) is 0 Å². The van der Waals surface area contributed by atoms with Crippen LogP contribution < -0.4 is 0 Å². The lowest BCUT2D eigenvalue weighted by atomic mass is 10.3. The van der Waals surface area contributed by atoms with Gasteiger partial charge < -0.3 is 4.74 Å². The van der Waals surface area contributed by atoms with Gasteiger partial charge in [-0.1, -0.05) is 0 Å². The van der Waals surface area contributed by atoms with Crippen LogP contribution in [0.2, 0.25) is 0 Å². The second kappa shape index (κ2) is 4.44. The molecule has 7 heteroatoms. The van der Waals surface area contributed by atoms with Crippen LogP contribution in [0, 0.1) is 17.0 Å². The molecule has 7 nitrogen and oxygen atoms in total. The summed E-state index contributed by atoms with van der Waals surface area (Å²) in [5.41, 5.74) is 1.58. The summed E-state index contributed by atoms with van der Waals surface area (Å²) in [6.45, 7) is 1.63. The number of imidazole rings is 1. The highest BCUT2D eigenvalue weighted by molar-refractivity contribution is 5.72. The molecule has 94 valence electrons. The average molecular weight is 249 g/mol. The molecule has 0 aliphatic carbocycles. The van der Waals surface area contributed by atoms with Gasteiger partial charge >= 0.3 is 5.97 Å². The first-order valence-corrected chi connectivity index (χ1v) is 5.21. The molecule has 0 unspecified atom stereocenters. The summed E-state index contributed by atoms with van der Waals surface area (Å²) in [6, 6.07) is 2.95. The monoisotopic (exact) mass is 249 g/mol. The van der Waals surface area contributed by atoms with Crippen molar-refractivity contribution < 1.29 is 14.5 Å². The van der Waals surface area contributed by atoms with Gasteiger partial charge in [-0.3, -0.25) is 19.3 Å². The zero-order valence-electron chi connectivity index (χ0n) is 9.91. The molecule has 0 saturated carbocycles. The number of aromatic nitrogens is 2. The van der Waals surface area contributed by atoms with E-state index in [-0.39, 0.29) is 12.1 Å². The Morgan fingerprint density at radius 3 is 2.89 bits per heavy atom. The predicted octanol–water partition coefficient (Wildman–Crippen LogP) is 1.27. The highest BCUT2D eigenvalue weighted by atomic mass is 16.6. The number of nitro groups is 1. The number of aryl methyl sites for hydroxylation is 1. The summed E-state index contributed by atoms with van der Waals surface area (Å²) in [5, 5.41) is 10.8. The van der Waals surface area contributed by atoms with Crippen LogP contribution in [0.5, 0.6) is 0 Å². The highest BCUT2D eigenvalue weighted by Gasteiger charge is 2.15. The van der Waals surface area contributed by atoms with Crippen molar-refractivity contribution in [2.75, 3.05) is 7.11 Å². The van der Waals surface area contributed by atoms with Crippen LogP contribution in [-0.2, 0) is 16.0 Å². The minimum Gasteiger partial charge on any atom is -0.469 e. The molecule has 0 aliphatic heterocycles. The van der Waals surface area contributed by atoms with Gasteiger partial charge in [0.1, 0.15) is 5.65 Å². The Hall–Kier alpha value is -2.44. The number of ether oxygens (including phenoxy) is 1. The van der Waals surface area contributed by atoms with Gasteiger partial charge in [-0.05, 0) is 13.0 Å². The summed E-state index contributed by atoms with van der Waals surface area (Å²) in [4.78, 5) is 25.7. The van der Waals surface area contributed by atoms with Gasteiger partial charge in [-0.2, -0.15) is 0 Å². The third-order valence-electron chi connectivity index (χ3n) is 2.66. The van der Waals surface area contributed by atoms with Gasteiger partial charge in [-0.25, -0.2) is 4.98 Å². The molecule has 0 atom stereocenters. The van der Waals surface area contributed by atoms with E-state index in [1.807, 2.05) is 0 Å². The minimum atomic E-state index is -0.450. The molecule has 2 aromatic heterocycles. The average Bonchev–Trinajstić information content (AvgIpc) is 2.72. The topological polar surface area (TPSA) is 86.7 Å². The first-order valence-electron chi connectivity index (χ1n) is 5.21. The third-order valence-corrected chi connectivity index (χ3v) is 2.66. The maximum atomic E-state index is 11.1. The van der Waals surface area contributed by atoms with E-state index < -0.39 is 10.9 Å². The Bertz CT molecular complexity index is 632. The fourth-order valence-corrected chi connectivity index (χ4v) is 1.73. The standard InChI is InChI=1S/C11H11N3O4/c1-7-9(14(16)17)3-4-10-12-8(6-13(7)10)5-11(15)18-2/h3-4,6H,5H2,1-2H3. The Morgan fingerprint density at radius 1 is 1.56 bits per heavy atom. The van der Waals surface area contributed by atoms with Crippen molar-refractivity contribution >= 4 is 17.3 Å². The van der Waals surface area contributed by atoms with Crippen molar-refractivity contribution in [2.45, 2.75) is 13.3 Å². The number of nitrogens with zero attached hydrogens (tertiary/aromatic N) is 3. The molecule has 0 spiro atoms. The van der Waals surface area contributed by atoms with Gasteiger partial charge in [0, 0.05) is 12.3 Å². The maximum absolute atomic E-state index is 11.1. The van der Waals surface area contributed by atoms with E-state index in [9.17, 15) is 14.9 Å². The van der Waals surface area contributed by atoms with Crippen LogP contribution >= 0.6 is 0 Å². The summed E-state index contributed by atoms with van der Waals surface area (Å²) in [5.74, 6) is -0.398. The molecule has 0 radical (unpaired) electrons. The van der Waals surface area contributed by atoms with Crippen LogP contribution in [-0.4, -0.2) is 27.4 Å². The van der Waals surface area contributed by atoms with E-state index in [1.165, 1.54) is 13.2 Å². The number of hydrogen-bond donors (Lipinski definition) is 0. The molecule has 0 bridgehead atoms. The van der Waals surface area contributed by atoms with Gasteiger partial charge in [0.2, 0.25) is 0 Å². The Kier molecular flexibility index (Phi) is 2.97. The lowest BCUT2D eigenvalue weighted by molar-refractivity contribution is -0.385. The lowest BCUT2D eigenvalue weighted by Crippen LogP contribution is -2.04. The molecule has 0 amide bonds. The van der Waals surface area contributed by atoms with Gasteiger partial charge in [0.05, 0.1) is 29.8 Å². The Labute approximate surface area is 102 Å². The van der Waals surface area contributed by atoms with Crippen molar-refractivity contribution in [1.29, 1.82) is 0 Å². The van der Waals surface area contributed by atoms with Crippen molar-refractivity contribution in [3.8, 4) is 0 Å². The molecule has 0 aromatic carbocycles. The van der Waals surface area contributed by atoms with E-state index in [4.69, 9.17) is 0 Å². The summed E-state index contributed by atoms with van der Waals surface area (Å²) in [7, 11) is 1.30. The second-order valence-electron chi connectivity index (χ2n) is 3.77. The molecule has 2 rings (SSSR count). The van der Waals surface area contributed by atoms with Crippen molar-refractivity contribution in [3.05, 3.63) is 39.8 Å². The number of carbonyl (C=O) groups excluding carboxylic acids is 1. The maximum Gasteiger partial charge on any atom is 0.311 e. The number of carbonyl (C=O) groups is 1. The van der Waals surface area contributed by atoms with Crippen LogP contribution in [0.1, 0.15) is 11.4 Å². The molecular formula is C11H11N3O4. The summed E-state index contributed by atoms with van der Waals surface area (Å²) in [6.07, 6.45) is 1.65. The molecule has 2 heterocycles. The number of pyridine rings is 1. The molecule has 0 N–H and O–H groups in total. The zero-order valence-corrected chi connectivity index (χ0v) is 9.91. The summed E-state index contributed by atoms with van der Waals surface area (Å²) >= 11 is 0.